The smallest absolute Gasteiger partial charge is 0.257 e. The molecule has 1 atom stereocenters. The Labute approximate surface area is 196 Å². The molecule has 1 amide bonds. The number of carbonyl (C=O) groups excluding carboxylic acids is 1. The number of carbonyl (C=O) groups is 1. The van der Waals surface area contributed by atoms with E-state index in [4.69, 9.17) is 18.9 Å². The predicted molar refractivity (Wildman–Crippen MR) is 127 cm³/mol. The quantitative estimate of drug-likeness (QED) is 0.542. The summed E-state index contributed by atoms with van der Waals surface area (Å²) >= 11 is 0. The van der Waals surface area contributed by atoms with Crippen LogP contribution in [0.2, 0.25) is 0 Å². The second-order valence-corrected chi connectivity index (χ2v) is 9.08. The van der Waals surface area contributed by atoms with E-state index in [-0.39, 0.29) is 11.5 Å². The minimum atomic E-state index is -0.108. The van der Waals surface area contributed by atoms with Crippen LogP contribution in [0.4, 0.5) is 0 Å². The molecule has 0 aliphatic carbocycles. The molecule has 2 fully saturated rings. The van der Waals surface area contributed by atoms with Gasteiger partial charge in [0, 0.05) is 32.4 Å². The predicted octanol–water partition coefficient (Wildman–Crippen LogP) is 4.71. The molecule has 0 radical (unpaired) electrons. The summed E-state index contributed by atoms with van der Waals surface area (Å²) in [7, 11) is 3.18. The molecule has 2 aromatic carbocycles. The van der Waals surface area contributed by atoms with Crippen LogP contribution < -0.4 is 9.47 Å². The van der Waals surface area contributed by atoms with Gasteiger partial charge in [0.15, 0.2) is 0 Å². The zero-order valence-electron chi connectivity index (χ0n) is 19.8. The number of methoxy groups -OCH3 is 2. The molecule has 2 heterocycles. The fourth-order valence-electron chi connectivity index (χ4n) is 5.00. The van der Waals surface area contributed by atoms with Gasteiger partial charge in [-0.3, -0.25) is 4.79 Å². The molecule has 0 saturated carbocycles. The van der Waals surface area contributed by atoms with Crippen molar-refractivity contribution in [1.82, 2.24) is 4.90 Å². The number of ether oxygens (including phenoxy) is 4. The van der Waals surface area contributed by atoms with Gasteiger partial charge < -0.3 is 23.8 Å². The average Bonchev–Trinajstić information content (AvgIpc) is 2.87. The fourth-order valence-corrected chi connectivity index (χ4v) is 5.00. The zero-order valence-corrected chi connectivity index (χ0v) is 19.8. The molecule has 6 heteroatoms. The molecule has 33 heavy (non-hydrogen) atoms. The molecular weight excluding hydrogens is 418 g/mol. The maximum atomic E-state index is 13.2. The first kappa shape index (κ1) is 23.6. The minimum absolute atomic E-state index is 0.00558. The van der Waals surface area contributed by atoms with Crippen molar-refractivity contribution in [2.45, 2.75) is 44.3 Å². The van der Waals surface area contributed by atoms with Crippen molar-refractivity contribution in [2.24, 2.45) is 5.92 Å². The Kier molecular flexibility index (Phi) is 7.89. The lowest BCUT2D eigenvalue weighted by atomic mass is 9.78. The summed E-state index contributed by atoms with van der Waals surface area (Å²) in [5.41, 5.74) is 1.68. The van der Waals surface area contributed by atoms with Crippen LogP contribution in [0.1, 0.15) is 48.0 Å². The Balaban J connectivity index is 1.27. The number of benzene rings is 2. The maximum Gasteiger partial charge on any atom is 0.257 e. The maximum absolute atomic E-state index is 13.2. The lowest BCUT2D eigenvalue weighted by Gasteiger charge is -2.46. The highest BCUT2D eigenvalue weighted by Gasteiger charge is 2.41. The zero-order chi connectivity index (χ0) is 23.1. The number of rotatable bonds is 8. The van der Waals surface area contributed by atoms with Crippen LogP contribution in [0.15, 0.2) is 48.5 Å². The molecule has 178 valence electrons. The highest BCUT2D eigenvalue weighted by molar-refractivity contribution is 5.97. The van der Waals surface area contributed by atoms with Crippen LogP contribution in [0.5, 0.6) is 11.5 Å². The fraction of sp³-hybridized carbons (Fsp3) is 0.519. The third kappa shape index (κ3) is 5.87. The van der Waals surface area contributed by atoms with Gasteiger partial charge >= 0.3 is 0 Å². The average molecular weight is 454 g/mol. The molecular formula is C27H35NO5. The van der Waals surface area contributed by atoms with Crippen LogP contribution in [0, 0.1) is 5.92 Å². The Hall–Kier alpha value is -2.57. The molecule has 2 aliphatic heterocycles. The highest BCUT2D eigenvalue weighted by Crippen LogP contribution is 2.39. The summed E-state index contributed by atoms with van der Waals surface area (Å²) < 4.78 is 22.9. The Morgan fingerprint density at radius 1 is 1.09 bits per heavy atom. The SMILES string of the molecule is COc1ccc(C(=O)N2CCC3(CC2)CC(CCOCc2ccccc2)CCO3)c(OC)c1. The number of piperidine rings is 1. The lowest BCUT2D eigenvalue weighted by Crippen LogP contribution is -2.50. The van der Waals surface area contributed by atoms with E-state index in [1.807, 2.05) is 23.1 Å². The molecule has 0 N–H and O–H groups in total. The van der Waals surface area contributed by atoms with Crippen molar-refractivity contribution in [2.75, 3.05) is 40.5 Å². The summed E-state index contributed by atoms with van der Waals surface area (Å²) in [4.78, 5) is 15.1. The van der Waals surface area contributed by atoms with Gasteiger partial charge in [-0.05, 0) is 55.7 Å². The highest BCUT2D eigenvalue weighted by atomic mass is 16.5. The Bertz CT molecular complexity index is 908. The second kappa shape index (κ2) is 11.0. The number of hydrogen-bond acceptors (Lipinski definition) is 5. The Morgan fingerprint density at radius 2 is 1.88 bits per heavy atom. The van der Waals surface area contributed by atoms with E-state index < -0.39 is 0 Å². The number of nitrogens with zero attached hydrogens (tertiary/aromatic N) is 1. The van der Waals surface area contributed by atoms with Crippen molar-refractivity contribution < 1.29 is 23.7 Å². The lowest BCUT2D eigenvalue weighted by molar-refractivity contribution is -0.126. The number of likely N-dealkylation sites (tertiary alicyclic amines) is 1. The monoisotopic (exact) mass is 453 g/mol. The van der Waals surface area contributed by atoms with Crippen molar-refractivity contribution >= 4 is 5.91 Å². The number of hydrogen-bond donors (Lipinski definition) is 0. The third-order valence-electron chi connectivity index (χ3n) is 6.98. The van der Waals surface area contributed by atoms with Gasteiger partial charge in [-0.25, -0.2) is 0 Å². The molecule has 0 aromatic heterocycles. The van der Waals surface area contributed by atoms with Crippen LogP contribution in [0.25, 0.3) is 0 Å². The van der Waals surface area contributed by atoms with Gasteiger partial charge in [-0.15, -0.1) is 0 Å². The van der Waals surface area contributed by atoms with Gasteiger partial charge in [0.1, 0.15) is 11.5 Å². The first-order chi connectivity index (χ1) is 16.1. The van der Waals surface area contributed by atoms with Crippen LogP contribution >= 0.6 is 0 Å². The third-order valence-corrected chi connectivity index (χ3v) is 6.98. The summed E-state index contributed by atoms with van der Waals surface area (Å²) in [5, 5.41) is 0. The molecule has 6 nitrogen and oxygen atoms in total. The Morgan fingerprint density at radius 3 is 2.61 bits per heavy atom. The summed E-state index contributed by atoms with van der Waals surface area (Å²) in [6.07, 6.45) is 4.94. The van der Waals surface area contributed by atoms with Crippen molar-refractivity contribution in [3.8, 4) is 11.5 Å². The van der Waals surface area contributed by atoms with E-state index in [2.05, 4.69) is 12.1 Å². The molecule has 1 unspecified atom stereocenters. The van der Waals surface area contributed by atoms with E-state index in [0.717, 1.165) is 45.3 Å². The van der Waals surface area contributed by atoms with E-state index in [9.17, 15) is 4.79 Å². The van der Waals surface area contributed by atoms with Gasteiger partial charge in [0.05, 0.1) is 32.0 Å². The second-order valence-electron chi connectivity index (χ2n) is 9.08. The first-order valence-electron chi connectivity index (χ1n) is 11.9. The summed E-state index contributed by atoms with van der Waals surface area (Å²) in [5.74, 6) is 1.84. The van der Waals surface area contributed by atoms with Gasteiger partial charge in [-0.2, -0.15) is 0 Å². The molecule has 1 spiro atoms. The standard InChI is InChI=1S/C27H35NO5/c1-30-23-8-9-24(25(18-23)31-2)26(29)28-14-12-27(13-15-28)19-21(11-17-33-27)10-16-32-20-22-6-4-3-5-7-22/h3-9,18,21H,10-17,19-20H2,1-2H3. The van der Waals surface area contributed by atoms with Crippen molar-refractivity contribution in [3.63, 3.8) is 0 Å². The van der Waals surface area contributed by atoms with Crippen LogP contribution in [-0.2, 0) is 16.1 Å². The normalized spacial score (nSPS) is 19.9. The first-order valence-corrected chi connectivity index (χ1v) is 11.9. The largest absolute Gasteiger partial charge is 0.497 e. The van der Waals surface area contributed by atoms with Crippen molar-refractivity contribution in [1.29, 1.82) is 0 Å². The van der Waals surface area contributed by atoms with Gasteiger partial charge in [-0.1, -0.05) is 30.3 Å². The minimum Gasteiger partial charge on any atom is -0.497 e. The topological polar surface area (TPSA) is 57.2 Å². The van der Waals surface area contributed by atoms with E-state index in [0.29, 0.717) is 42.7 Å². The van der Waals surface area contributed by atoms with E-state index in [1.54, 1.807) is 32.4 Å². The number of amides is 1. The summed E-state index contributed by atoms with van der Waals surface area (Å²) in [6, 6.07) is 15.7. The van der Waals surface area contributed by atoms with Crippen molar-refractivity contribution in [3.05, 3.63) is 59.7 Å². The molecule has 2 aliphatic rings. The molecule has 2 saturated heterocycles. The van der Waals surface area contributed by atoms with Crippen LogP contribution in [-0.4, -0.2) is 56.9 Å². The molecule has 4 rings (SSSR count). The van der Waals surface area contributed by atoms with Gasteiger partial charge in [0.25, 0.3) is 5.91 Å². The molecule has 2 aromatic rings. The van der Waals surface area contributed by atoms with E-state index in [1.165, 1.54) is 5.56 Å². The van der Waals surface area contributed by atoms with E-state index >= 15 is 0 Å². The van der Waals surface area contributed by atoms with Crippen LogP contribution in [0.3, 0.4) is 0 Å². The molecule has 0 bridgehead atoms. The summed E-state index contributed by atoms with van der Waals surface area (Å²) in [6.45, 7) is 3.64. The van der Waals surface area contributed by atoms with Gasteiger partial charge in [0.2, 0.25) is 0 Å².